The molecule has 1 aromatic carbocycles. The zero-order valence-electron chi connectivity index (χ0n) is 13.4. The fourth-order valence-corrected chi connectivity index (χ4v) is 3.23. The van der Waals surface area contributed by atoms with Crippen LogP contribution in [0.3, 0.4) is 0 Å². The van der Waals surface area contributed by atoms with Gasteiger partial charge in [0.1, 0.15) is 4.88 Å². The lowest BCUT2D eigenvalue weighted by molar-refractivity contribution is -0.120. The molecular formula is C16H19N5O2S. The molecule has 2 aromatic rings. The highest BCUT2D eigenvalue weighted by atomic mass is 32.1. The SMILES string of the molecule is CCc1nnsc1C(=O)NCc1ccc(N2CCNC(=O)C2)cc1. The molecule has 2 heterocycles. The molecule has 8 heteroatoms. The molecule has 3 rings (SSSR count). The summed E-state index contributed by atoms with van der Waals surface area (Å²) < 4.78 is 3.83. The summed E-state index contributed by atoms with van der Waals surface area (Å²) in [5, 5.41) is 9.66. The molecule has 7 nitrogen and oxygen atoms in total. The molecular weight excluding hydrogens is 326 g/mol. The molecule has 1 saturated heterocycles. The van der Waals surface area contributed by atoms with Crippen molar-refractivity contribution in [1.29, 1.82) is 0 Å². The maximum absolute atomic E-state index is 12.2. The predicted octanol–water partition coefficient (Wildman–Crippen LogP) is 0.967. The Hall–Kier alpha value is -2.48. The van der Waals surface area contributed by atoms with Crippen molar-refractivity contribution in [3.05, 3.63) is 40.4 Å². The lowest BCUT2D eigenvalue weighted by atomic mass is 10.1. The summed E-state index contributed by atoms with van der Waals surface area (Å²) in [6.45, 7) is 4.25. The average Bonchev–Trinajstić information content (AvgIpc) is 3.09. The van der Waals surface area contributed by atoms with Crippen molar-refractivity contribution in [2.24, 2.45) is 0 Å². The maximum Gasteiger partial charge on any atom is 0.265 e. The number of carbonyl (C=O) groups excluding carboxylic acids is 2. The van der Waals surface area contributed by atoms with Gasteiger partial charge in [0.2, 0.25) is 5.91 Å². The van der Waals surface area contributed by atoms with Crippen molar-refractivity contribution in [2.75, 3.05) is 24.5 Å². The minimum absolute atomic E-state index is 0.0440. The van der Waals surface area contributed by atoms with Crippen LogP contribution in [-0.4, -0.2) is 41.0 Å². The third-order valence-electron chi connectivity index (χ3n) is 3.89. The predicted molar refractivity (Wildman–Crippen MR) is 92.1 cm³/mol. The molecule has 0 bridgehead atoms. The molecule has 126 valence electrons. The Bertz CT molecular complexity index is 728. The third kappa shape index (κ3) is 3.70. The molecule has 24 heavy (non-hydrogen) atoms. The minimum Gasteiger partial charge on any atom is -0.360 e. The summed E-state index contributed by atoms with van der Waals surface area (Å²) in [6.07, 6.45) is 0.692. The van der Waals surface area contributed by atoms with Gasteiger partial charge in [-0.05, 0) is 35.6 Å². The maximum atomic E-state index is 12.2. The summed E-state index contributed by atoms with van der Waals surface area (Å²) >= 11 is 1.12. The van der Waals surface area contributed by atoms with E-state index in [0.29, 0.717) is 30.9 Å². The number of nitrogens with zero attached hydrogens (tertiary/aromatic N) is 3. The van der Waals surface area contributed by atoms with Crippen molar-refractivity contribution in [1.82, 2.24) is 20.2 Å². The van der Waals surface area contributed by atoms with Crippen LogP contribution in [0.4, 0.5) is 5.69 Å². The Morgan fingerprint density at radius 3 is 2.88 bits per heavy atom. The number of nitrogens with one attached hydrogen (secondary N) is 2. The molecule has 0 saturated carbocycles. The third-order valence-corrected chi connectivity index (χ3v) is 4.66. The van der Waals surface area contributed by atoms with E-state index in [4.69, 9.17) is 0 Å². The highest BCUT2D eigenvalue weighted by Crippen LogP contribution is 2.16. The van der Waals surface area contributed by atoms with Crippen molar-refractivity contribution < 1.29 is 9.59 Å². The Kier molecular flexibility index (Phi) is 5.05. The number of hydrogen-bond donors (Lipinski definition) is 2. The number of piperazine rings is 1. The van der Waals surface area contributed by atoms with E-state index in [9.17, 15) is 9.59 Å². The molecule has 0 atom stereocenters. The van der Waals surface area contributed by atoms with Gasteiger partial charge in [0.25, 0.3) is 5.91 Å². The molecule has 2 N–H and O–H groups in total. The van der Waals surface area contributed by atoms with Crippen molar-refractivity contribution in [3.63, 3.8) is 0 Å². The van der Waals surface area contributed by atoms with Gasteiger partial charge in [-0.3, -0.25) is 9.59 Å². The molecule has 0 radical (unpaired) electrons. The average molecular weight is 345 g/mol. The number of carbonyl (C=O) groups is 2. The number of hydrogen-bond acceptors (Lipinski definition) is 6. The molecule has 1 aromatic heterocycles. The second kappa shape index (κ2) is 7.39. The summed E-state index contributed by atoms with van der Waals surface area (Å²) in [5.41, 5.74) is 2.75. The fourth-order valence-electron chi connectivity index (χ4n) is 2.56. The number of aryl methyl sites for hydroxylation is 1. The van der Waals surface area contributed by atoms with E-state index in [2.05, 4.69) is 20.2 Å². The number of aromatic nitrogens is 2. The zero-order chi connectivity index (χ0) is 16.9. The highest BCUT2D eigenvalue weighted by molar-refractivity contribution is 7.08. The van der Waals surface area contributed by atoms with Gasteiger partial charge in [-0.2, -0.15) is 0 Å². The minimum atomic E-state index is -0.140. The van der Waals surface area contributed by atoms with Crippen LogP contribution < -0.4 is 15.5 Å². The molecule has 0 unspecified atom stereocenters. The topological polar surface area (TPSA) is 87.2 Å². The summed E-state index contributed by atoms with van der Waals surface area (Å²) in [6, 6.07) is 7.89. The van der Waals surface area contributed by atoms with Gasteiger partial charge in [-0.25, -0.2) is 0 Å². The molecule has 1 aliphatic heterocycles. The smallest absolute Gasteiger partial charge is 0.265 e. The summed E-state index contributed by atoms with van der Waals surface area (Å²) in [7, 11) is 0. The monoisotopic (exact) mass is 345 g/mol. The van der Waals surface area contributed by atoms with Gasteiger partial charge >= 0.3 is 0 Å². The second-order valence-corrected chi connectivity index (χ2v) is 6.28. The lowest BCUT2D eigenvalue weighted by Gasteiger charge is -2.28. The Morgan fingerprint density at radius 2 is 2.17 bits per heavy atom. The van der Waals surface area contributed by atoms with Crippen molar-refractivity contribution in [2.45, 2.75) is 19.9 Å². The quantitative estimate of drug-likeness (QED) is 0.843. The van der Waals surface area contributed by atoms with Crippen LogP contribution >= 0.6 is 11.5 Å². The summed E-state index contributed by atoms with van der Waals surface area (Å²) in [4.78, 5) is 26.2. The van der Waals surface area contributed by atoms with E-state index in [-0.39, 0.29) is 11.8 Å². The van der Waals surface area contributed by atoms with Gasteiger partial charge in [0.15, 0.2) is 0 Å². The van der Waals surface area contributed by atoms with E-state index in [1.807, 2.05) is 36.1 Å². The Morgan fingerprint density at radius 1 is 1.38 bits per heavy atom. The normalized spacial score (nSPS) is 14.4. The largest absolute Gasteiger partial charge is 0.360 e. The first-order valence-electron chi connectivity index (χ1n) is 7.87. The first-order valence-corrected chi connectivity index (χ1v) is 8.64. The van der Waals surface area contributed by atoms with E-state index >= 15 is 0 Å². The van der Waals surface area contributed by atoms with Crippen LogP contribution in [0, 0.1) is 0 Å². The standard InChI is InChI=1S/C16H19N5O2S/c1-2-13-15(24-20-19-13)16(23)18-9-11-3-5-12(6-4-11)21-8-7-17-14(22)10-21/h3-6H,2,7-10H2,1H3,(H,17,22)(H,18,23). The first kappa shape index (κ1) is 16.4. The van der Waals surface area contributed by atoms with Gasteiger partial charge in [-0.15, -0.1) is 5.10 Å². The second-order valence-electron chi connectivity index (χ2n) is 5.52. The van der Waals surface area contributed by atoms with Crippen LogP contribution in [-0.2, 0) is 17.8 Å². The van der Waals surface area contributed by atoms with E-state index in [1.165, 1.54) is 0 Å². The molecule has 1 aliphatic rings. The zero-order valence-corrected chi connectivity index (χ0v) is 14.2. The van der Waals surface area contributed by atoms with E-state index < -0.39 is 0 Å². The molecule has 0 spiro atoms. The van der Waals surface area contributed by atoms with E-state index in [1.54, 1.807) is 0 Å². The number of rotatable bonds is 5. The summed E-state index contributed by atoms with van der Waals surface area (Å²) in [5.74, 6) is -0.0962. The van der Waals surface area contributed by atoms with Gasteiger partial charge in [0.05, 0.1) is 12.2 Å². The molecule has 2 amide bonds. The van der Waals surface area contributed by atoms with E-state index in [0.717, 1.165) is 35.0 Å². The van der Waals surface area contributed by atoms with Gasteiger partial charge in [-0.1, -0.05) is 23.5 Å². The fraction of sp³-hybridized carbons (Fsp3) is 0.375. The van der Waals surface area contributed by atoms with Crippen LogP contribution in [0.2, 0.25) is 0 Å². The van der Waals surface area contributed by atoms with Gasteiger partial charge < -0.3 is 15.5 Å². The number of anilines is 1. The van der Waals surface area contributed by atoms with Gasteiger partial charge in [0, 0.05) is 25.3 Å². The van der Waals surface area contributed by atoms with Crippen LogP contribution in [0.25, 0.3) is 0 Å². The Balaban J connectivity index is 1.58. The van der Waals surface area contributed by atoms with Crippen molar-refractivity contribution in [3.8, 4) is 0 Å². The number of benzene rings is 1. The van der Waals surface area contributed by atoms with Crippen LogP contribution in [0.1, 0.15) is 27.9 Å². The lowest BCUT2D eigenvalue weighted by Crippen LogP contribution is -2.47. The Labute approximate surface area is 144 Å². The first-order chi connectivity index (χ1) is 11.7. The van der Waals surface area contributed by atoms with Crippen LogP contribution in [0.5, 0.6) is 0 Å². The van der Waals surface area contributed by atoms with Crippen molar-refractivity contribution >= 4 is 29.0 Å². The van der Waals surface area contributed by atoms with Crippen LogP contribution in [0.15, 0.2) is 24.3 Å². The highest BCUT2D eigenvalue weighted by Gasteiger charge is 2.17. The molecule has 1 fully saturated rings. The number of amides is 2. The molecule has 0 aliphatic carbocycles.